The van der Waals surface area contributed by atoms with Crippen molar-refractivity contribution < 1.29 is 28.9 Å². The summed E-state index contributed by atoms with van der Waals surface area (Å²) in [5.74, 6) is 1.86. The molecule has 3 aromatic carbocycles. The van der Waals surface area contributed by atoms with Crippen molar-refractivity contribution >= 4 is 11.9 Å². The predicted molar refractivity (Wildman–Crippen MR) is 135 cm³/mol. The van der Waals surface area contributed by atoms with Crippen molar-refractivity contribution in [3.05, 3.63) is 77.9 Å². The first-order chi connectivity index (χ1) is 17.6. The van der Waals surface area contributed by atoms with Gasteiger partial charge in [0, 0.05) is 18.7 Å². The summed E-state index contributed by atoms with van der Waals surface area (Å²) >= 11 is 0. The summed E-state index contributed by atoms with van der Waals surface area (Å²) in [6.45, 7) is 1.76. The van der Waals surface area contributed by atoms with Gasteiger partial charge in [-0.05, 0) is 73.1 Å². The molecule has 1 N–H and O–H groups in total. The Labute approximate surface area is 210 Å². The summed E-state index contributed by atoms with van der Waals surface area (Å²) in [4.78, 5) is 25.9. The zero-order valence-corrected chi connectivity index (χ0v) is 20.0. The average molecular weight is 488 g/mol. The lowest BCUT2D eigenvalue weighted by Crippen LogP contribution is -2.41. The smallest absolute Gasteiger partial charge is 0.335 e. The van der Waals surface area contributed by atoms with Crippen LogP contribution in [0.1, 0.15) is 35.2 Å². The number of rotatable bonds is 8. The standard InChI is InChI=1S/C29H29NO6/c31-28(18-34-25-4-2-1-3-24(25)22-8-10-23(11-9-22)29(32)33)30-15-13-20(14-16-30)5-6-21-7-12-26-27(17-21)36-19-35-26/h1-4,7-12,17,20H,5-6,13-16,18-19H2,(H,32,33). The Bertz CT molecular complexity index is 1230. The SMILES string of the molecule is O=C(O)c1ccc(-c2ccccc2OCC(=O)N2CCC(CCc3ccc4c(c3)OCO4)CC2)cc1. The van der Waals surface area contributed by atoms with Crippen LogP contribution >= 0.6 is 0 Å². The van der Waals surface area contributed by atoms with Crippen molar-refractivity contribution in [3.8, 4) is 28.4 Å². The molecule has 1 amide bonds. The molecule has 7 nitrogen and oxygen atoms in total. The number of aromatic carboxylic acids is 1. The molecule has 2 heterocycles. The minimum absolute atomic E-state index is 0.0137. The van der Waals surface area contributed by atoms with E-state index in [9.17, 15) is 9.59 Å². The van der Waals surface area contributed by atoms with E-state index in [0.717, 1.165) is 61.4 Å². The molecular formula is C29H29NO6. The number of ether oxygens (including phenoxy) is 3. The molecule has 0 spiro atoms. The minimum atomic E-state index is -0.964. The number of carbonyl (C=O) groups is 2. The number of piperidine rings is 1. The molecule has 5 rings (SSSR count). The maximum absolute atomic E-state index is 12.8. The molecule has 0 aliphatic carbocycles. The van der Waals surface area contributed by atoms with Gasteiger partial charge in [-0.25, -0.2) is 4.79 Å². The van der Waals surface area contributed by atoms with E-state index in [-0.39, 0.29) is 18.1 Å². The third-order valence-electron chi connectivity index (χ3n) is 6.93. The quantitative estimate of drug-likeness (QED) is 0.480. The van der Waals surface area contributed by atoms with Gasteiger partial charge < -0.3 is 24.2 Å². The van der Waals surface area contributed by atoms with E-state index in [1.54, 1.807) is 24.3 Å². The van der Waals surface area contributed by atoms with Gasteiger partial charge in [0.1, 0.15) is 5.75 Å². The third-order valence-corrected chi connectivity index (χ3v) is 6.93. The van der Waals surface area contributed by atoms with Gasteiger partial charge in [0.2, 0.25) is 6.79 Å². The zero-order chi connectivity index (χ0) is 24.9. The van der Waals surface area contributed by atoms with E-state index in [1.807, 2.05) is 35.2 Å². The second-order valence-corrected chi connectivity index (χ2v) is 9.22. The summed E-state index contributed by atoms with van der Waals surface area (Å²) in [6.07, 6.45) is 4.06. The van der Waals surface area contributed by atoms with Crippen LogP contribution in [0, 0.1) is 5.92 Å². The molecule has 0 saturated carbocycles. The molecule has 0 aromatic heterocycles. The van der Waals surface area contributed by atoms with Gasteiger partial charge in [-0.3, -0.25) is 4.79 Å². The molecule has 2 aliphatic rings. The normalized spacial score (nSPS) is 15.1. The Morgan fingerprint density at radius 3 is 2.47 bits per heavy atom. The maximum atomic E-state index is 12.8. The van der Waals surface area contributed by atoms with Crippen molar-refractivity contribution in [2.75, 3.05) is 26.5 Å². The Morgan fingerprint density at radius 1 is 0.944 bits per heavy atom. The number of amides is 1. The zero-order valence-electron chi connectivity index (χ0n) is 20.0. The number of para-hydroxylation sites is 1. The van der Waals surface area contributed by atoms with Crippen molar-refractivity contribution in [1.29, 1.82) is 0 Å². The molecule has 0 atom stereocenters. The van der Waals surface area contributed by atoms with E-state index in [2.05, 4.69) is 12.1 Å². The molecule has 1 saturated heterocycles. The van der Waals surface area contributed by atoms with Crippen molar-refractivity contribution in [2.45, 2.75) is 25.7 Å². The summed E-state index contributed by atoms with van der Waals surface area (Å²) in [5.41, 5.74) is 3.14. The predicted octanol–water partition coefficient (Wildman–Crippen LogP) is 5.03. The number of nitrogens with zero attached hydrogens (tertiary/aromatic N) is 1. The van der Waals surface area contributed by atoms with Gasteiger partial charge in [-0.2, -0.15) is 0 Å². The van der Waals surface area contributed by atoms with Gasteiger partial charge in [0.25, 0.3) is 5.91 Å². The number of benzene rings is 3. The van der Waals surface area contributed by atoms with Crippen LogP contribution in [0.25, 0.3) is 11.1 Å². The highest BCUT2D eigenvalue weighted by Crippen LogP contribution is 2.34. The molecule has 0 radical (unpaired) electrons. The van der Waals surface area contributed by atoms with Gasteiger partial charge in [-0.15, -0.1) is 0 Å². The van der Waals surface area contributed by atoms with Crippen LogP contribution in [0.5, 0.6) is 17.2 Å². The highest BCUT2D eigenvalue weighted by molar-refractivity contribution is 5.88. The number of fused-ring (bicyclic) bond motifs is 1. The van der Waals surface area contributed by atoms with Crippen LogP contribution in [0.3, 0.4) is 0 Å². The minimum Gasteiger partial charge on any atom is -0.483 e. The molecule has 2 aliphatic heterocycles. The highest BCUT2D eigenvalue weighted by Gasteiger charge is 2.23. The van der Waals surface area contributed by atoms with Gasteiger partial charge in [0.05, 0.1) is 5.56 Å². The maximum Gasteiger partial charge on any atom is 0.335 e. The van der Waals surface area contributed by atoms with E-state index < -0.39 is 5.97 Å². The van der Waals surface area contributed by atoms with E-state index in [4.69, 9.17) is 19.3 Å². The fraction of sp³-hybridized carbons (Fsp3) is 0.310. The first-order valence-electron chi connectivity index (χ1n) is 12.3. The number of hydrogen-bond acceptors (Lipinski definition) is 5. The van der Waals surface area contributed by atoms with Crippen LogP contribution in [-0.2, 0) is 11.2 Å². The highest BCUT2D eigenvalue weighted by atomic mass is 16.7. The van der Waals surface area contributed by atoms with E-state index in [0.29, 0.717) is 18.5 Å². The fourth-order valence-electron chi connectivity index (χ4n) is 4.79. The number of hydrogen-bond donors (Lipinski definition) is 1. The second-order valence-electron chi connectivity index (χ2n) is 9.22. The number of aryl methyl sites for hydroxylation is 1. The molecule has 1 fully saturated rings. The fourth-order valence-corrected chi connectivity index (χ4v) is 4.79. The van der Waals surface area contributed by atoms with Gasteiger partial charge in [0.15, 0.2) is 18.1 Å². The molecule has 186 valence electrons. The van der Waals surface area contributed by atoms with E-state index in [1.165, 1.54) is 5.56 Å². The van der Waals surface area contributed by atoms with Gasteiger partial charge in [-0.1, -0.05) is 36.4 Å². The first-order valence-corrected chi connectivity index (χ1v) is 12.3. The Kier molecular flexibility index (Phi) is 7.07. The number of carbonyl (C=O) groups excluding carboxylic acids is 1. The molecule has 0 bridgehead atoms. The van der Waals surface area contributed by atoms with Crippen LogP contribution in [0.15, 0.2) is 66.7 Å². The van der Waals surface area contributed by atoms with Crippen LogP contribution in [0.4, 0.5) is 0 Å². The van der Waals surface area contributed by atoms with Gasteiger partial charge >= 0.3 is 5.97 Å². The molecule has 3 aromatic rings. The lowest BCUT2D eigenvalue weighted by Gasteiger charge is -2.32. The lowest BCUT2D eigenvalue weighted by atomic mass is 9.90. The largest absolute Gasteiger partial charge is 0.483 e. The summed E-state index contributed by atoms with van der Waals surface area (Å²) < 4.78 is 16.8. The second kappa shape index (κ2) is 10.7. The van der Waals surface area contributed by atoms with Crippen molar-refractivity contribution in [3.63, 3.8) is 0 Å². The summed E-state index contributed by atoms with van der Waals surface area (Å²) in [5, 5.41) is 9.12. The molecule has 36 heavy (non-hydrogen) atoms. The molecule has 7 heteroatoms. The Balaban J connectivity index is 1.10. The average Bonchev–Trinajstić information content (AvgIpc) is 3.39. The van der Waals surface area contributed by atoms with Crippen molar-refractivity contribution in [2.24, 2.45) is 5.92 Å². The van der Waals surface area contributed by atoms with Crippen LogP contribution < -0.4 is 14.2 Å². The van der Waals surface area contributed by atoms with E-state index >= 15 is 0 Å². The molecular weight excluding hydrogens is 458 g/mol. The number of carboxylic acids is 1. The third kappa shape index (κ3) is 5.46. The number of carboxylic acid groups (broad SMARTS) is 1. The molecule has 0 unspecified atom stereocenters. The number of likely N-dealkylation sites (tertiary alicyclic amines) is 1. The Morgan fingerprint density at radius 2 is 1.69 bits per heavy atom. The summed E-state index contributed by atoms with van der Waals surface area (Å²) in [6, 6.07) is 20.3. The monoisotopic (exact) mass is 487 g/mol. The Hall–Kier alpha value is -4.00. The van der Waals surface area contributed by atoms with Crippen molar-refractivity contribution in [1.82, 2.24) is 4.90 Å². The first kappa shape index (κ1) is 23.7. The topological polar surface area (TPSA) is 85.3 Å². The van der Waals surface area contributed by atoms with Crippen LogP contribution in [0.2, 0.25) is 0 Å². The van der Waals surface area contributed by atoms with Crippen LogP contribution in [-0.4, -0.2) is 48.4 Å². The summed E-state index contributed by atoms with van der Waals surface area (Å²) in [7, 11) is 0. The lowest BCUT2D eigenvalue weighted by molar-refractivity contribution is -0.134.